The first-order chi connectivity index (χ1) is 10.5. The molecule has 0 aliphatic heterocycles. The number of methoxy groups -OCH3 is 1. The summed E-state index contributed by atoms with van der Waals surface area (Å²) in [7, 11) is 1.57. The minimum atomic E-state index is -0.977. The van der Waals surface area contributed by atoms with E-state index in [9.17, 15) is 9.18 Å². The third-order valence-electron chi connectivity index (χ3n) is 3.44. The maximum Gasteiger partial charge on any atom is 0.330 e. The van der Waals surface area contributed by atoms with Crippen LogP contribution in [0.4, 0.5) is 4.39 Å². The fourth-order valence-corrected chi connectivity index (χ4v) is 2.21. The van der Waals surface area contributed by atoms with Gasteiger partial charge < -0.3 is 9.84 Å². The second-order valence-corrected chi connectivity index (χ2v) is 4.96. The zero-order chi connectivity index (χ0) is 16.1. The van der Waals surface area contributed by atoms with E-state index in [2.05, 4.69) is 0 Å². The molecule has 0 bridgehead atoms. The Bertz CT molecular complexity index is 690. The number of ether oxygens (including phenoxy) is 1. The van der Waals surface area contributed by atoms with E-state index in [1.165, 1.54) is 12.1 Å². The number of carboxylic acid groups (broad SMARTS) is 1. The number of aliphatic carboxylic acids is 1. The molecule has 1 unspecified atom stereocenters. The van der Waals surface area contributed by atoms with Crippen molar-refractivity contribution in [2.45, 2.75) is 12.8 Å². The van der Waals surface area contributed by atoms with E-state index in [1.807, 2.05) is 24.3 Å². The highest BCUT2D eigenvalue weighted by molar-refractivity contribution is 5.86. The molecular formula is C18H17FO3. The minimum Gasteiger partial charge on any atom is -0.497 e. The fraction of sp³-hybridized carbons (Fsp3) is 0.167. The number of carbonyl (C=O) groups is 1. The van der Waals surface area contributed by atoms with Crippen molar-refractivity contribution in [3.8, 4) is 5.75 Å². The van der Waals surface area contributed by atoms with Crippen LogP contribution in [-0.4, -0.2) is 18.2 Å². The number of benzene rings is 2. The maximum absolute atomic E-state index is 13.1. The molecular weight excluding hydrogens is 283 g/mol. The van der Waals surface area contributed by atoms with Gasteiger partial charge in [-0.15, -0.1) is 0 Å². The van der Waals surface area contributed by atoms with E-state index in [1.54, 1.807) is 32.2 Å². The van der Waals surface area contributed by atoms with Crippen LogP contribution in [0.2, 0.25) is 0 Å². The molecule has 0 radical (unpaired) electrons. The van der Waals surface area contributed by atoms with Crippen molar-refractivity contribution in [3.63, 3.8) is 0 Å². The number of allylic oxidation sites excluding steroid dienone is 1. The summed E-state index contributed by atoms with van der Waals surface area (Å²) in [4.78, 5) is 11.1. The van der Waals surface area contributed by atoms with Crippen LogP contribution in [-0.2, 0) is 4.79 Å². The standard InChI is InChI=1S/C18H17FO3/c1-12(18(20)21)10-17(13-6-8-15(19)9-7-13)14-4-3-5-16(11-14)22-2/h3-11,17H,1-2H3,(H,20,21). The third kappa shape index (κ3) is 3.73. The highest BCUT2D eigenvalue weighted by Crippen LogP contribution is 2.29. The summed E-state index contributed by atoms with van der Waals surface area (Å²) in [6.07, 6.45) is 1.66. The van der Waals surface area contributed by atoms with Crippen LogP contribution in [0, 0.1) is 5.82 Å². The maximum atomic E-state index is 13.1. The molecule has 0 aliphatic rings. The highest BCUT2D eigenvalue weighted by Gasteiger charge is 2.15. The van der Waals surface area contributed by atoms with E-state index < -0.39 is 5.97 Å². The molecule has 114 valence electrons. The fourth-order valence-electron chi connectivity index (χ4n) is 2.21. The normalized spacial score (nSPS) is 12.8. The Hall–Kier alpha value is -2.62. The van der Waals surface area contributed by atoms with Crippen LogP contribution in [0.15, 0.2) is 60.2 Å². The van der Waals surface area contributed by atoms with Gasteiger partial charge in [-0.2, -0.15) is 0 Å². The molecule has 0 aliphatic carbocycles. The van der Waals surface area contributed by atoms with E-state index in [0.29, 0.717) is 5.75 Å². The highest BCUT2D eigenvalue weighted by atomic mass is 19.1. The van der Waals surface area contributed by atoms with Crippen LogP contribution in [0.1, 0.15) is 24.0 Å². The number of halogens is 1. The lowest BCUT2D eigenvalue weighted by atomic mass is 9.89. The molecule has 22 heavy (non-hydrogen) atoms. The van der Waals surface area contributed by atoms with Gasteiger partial charge in [-0.25, -0.2) is 9.18 Å². The van der Waals surface area contributed by atoms with Crippen molar-refractivity contribution in [1.82, 2.24) is 0 Å². The topological polar surface area (TPSA) is 46.5 Å². The molecule has 2 rings (SSSR count). The van der Waals surface area contributed by atoms with Gasteiger partial charge in [0.1, 0.15) is 11.6 Å². The molecule has 0 aromatic heterocycles. The van der Waals surface area contributed by atoms with Gasteiger partial charge in [0, 0.05) is 11.5 Å². The van der Waals surface area contributed by atoms with Gasteiger partial charge >= 0.3 is 5.97 Å². The lowest BCUT2D eigenvalue weighted by Gasteiger charge is -2.16. The van der Waals surface area contributed by atoms with Crippen molar-refractivity contribution in [3.05, 3.63) is 77.1 Å². The molecule has 0 heterocycles. The average Bonchev–Trinajstić information content (AvgIpc) is 2.53. The first-order valence-corrected chi connectivity index (χ1v) is 6.82. The van der Waals surface area contributed by atoms with Crippen molar-refractivity contribution >= 4 is 5.97 Å². The largest absolute Gasteiger partial charge is 0.497 e. The number of carboxylic acids is 1. The van der Waals surface area contributed by atoms with Crippen molar-refractivity contribution in [1.29, 1.82) is 0 Å². The average molecular weight is 300 g/mol. The quantitative estimate of drug-likeness (QED) is 0.849. The van der Waals surface area contributed by atoms with Crippen molar-refractivity contribution in [2.75, 3.05) is 7.11 Å². The van der Waals surface area contributed by atoms with Gasteiger partial charge in [-0.05, 0) is 42.3 Å². The van der Waals surface area contributed by atoms with Gasteiger partial charge in [-0.3, -0.25) is 0 Å². The predicted octanol–water partition coefficient (Wildman–Crippen LogP) is 4.00. The van der Waals surface area contributed by atoms with E-state index in [-0.39, 0.29) is 17.3 Å². The van der Waals surface area contributed by atoms with Gasteiger partial charge in [-0.1, -0.05) is 30.3 Å². The molecule has 0 spiro atoms. The van der Waals surface area contributed by atoms with Gasteiger partial charge in [0.2, 0.25) is 0 Å². The van der Waals surface area contributed by atoms with Crippen LogP contribution >= 0.6 is 0 Å². The number of hydrogen-bond donors (Lipinski definition) is 1. The predicted molar refractivity (Wildman–Crippen MR) is 82.6 cm³/mol. The molecule has 0 amide bonds. The number of rotatable bonds is 5. The zero-order valence-corrected chi connectivity index (χ0v) is 12.4. The van der Waals surface area contributed by atoms with Gasteiger partial charge in [0.25, 0.3) is 0 Å². The van der Waals surface area contributed by atoms with Crippen molar-refractivity contribution < 1.29 is 19.0 Å². The van der Waals surface area contributed by atoms with Gasteiger partial charge in [0.05, 0.1) is 7.11 Å². The Morgan fingerprint density at radius 3 is 2.45 bits per heavy atom. The number of hydrogen-bond acceptors (Lipinski definition) is 2. The summed E-state index contributed by atoms with van der Waals surface area (Å²) in [5.74, 6) is -0.903. The first-order valence-electron chi connectivity index (χ1n) is 6.82. The van der Waals surface area contributed by atoms with Crippen LogP contribution < -0.4 is 4.74 Å². The molecule has 0 saturated heterocycles. The van der Waals surface area contributed by atoms with E-state index in [4.69, 9.17) is 9.84 Å². The summed E-state index contributed by atoms with van der Waals surface area (Å²) in [6.45, 7) is 1.54. The summed E-state index contributed by atoms with van der Waals surface area (Å²) >= 11 is 0. The molecule has 1 N–H and O–H groups in total. The monoisotopic (exact) mass is 300 g/mol. The molecule has 2 aromatic rings. The van der Waals surface area contributed by atoms with Crippen LogP contribution in [0.5, 0.6) is 5.75 Å². The Morgan fingerprint density at radius 1 is 1.18 bits per heavy atom. The Morgan fingerprint density at radius 2 is 1.86 bits per heavy atom. The Kier molecular flexibility index (Phi) is 4.94. The first kappa shape index (κ1) is 15.8. The minimum absolute atomic E-state index is 0.233. The molecule has 0 fully saturated rings. The lowest BCUT2D eigenvalue weighted by Crippen LogP contribution is -2.03. The summed E-state index contributed by atoms with van der Waals surface area (Å²) in [5.41, 5.74) is 1.93. The van der Waals surface area contributed by atoms with Crippen LogP contribution in [0.3, 0.4) is 0 Å². The molecule has 4 heteroatoms. The Balaban J connectivity index is 2.51. The molecule has 0 saturated carbocycles. The Labute approximate surface area is 128 Å². The molecule has 1 atom stereocenters. The third-order valence-corrected chi connectivity index (χ3v) is 3.44. The SMILES string of the molecule is COc1cccc(C(C=C(C)C(=O)O)c2ccc(F)cc2)c1. The summed E-state index contributed by atoms with van der Waals surface area (Å²) in [5, 5.41) is 9.12. The van der Waals surface area contributed by atoms with Crippen LogP contribution in [0.25, 0.3) is 0 Å². The summed E-state index contributed by atoms with van der Waals surface area (Å²) < 4.78 is 18.3. The molecule has 2 aromatic carbocycles. The smallest absolute Gasteiger partial charge is 0.330 e. The van der Waals surface area contributed by atoms with E-state index >= 15 is 0 Å². The molecule has 3 nitrogen and oxygen atoms in total. The van der Waals surface area contributed by atoms with Crippen molar-refractivity contribution in [2.24, 2.45) is 0 Å². The van der Waals surface area contributed by atoms with Gasteiger partial charge in [0.15, 0.2) is 0 Å². The second-order valence-electron chi connectivity index (χ2n) is 4.96. The second kappa shape index (κ2) is 6.89. The lowest BCUT2D eigenvalue weighted by molar-refractivity contribution is -0.132. The van der Waals surface area contributed by atoms with E-state index in [0.717, 1.165) is 11.1 Å². The zero-order valence-electron chi connectivity index (χ0n) is 12.4. The summed E-state index contributed by atoms with van der Waals surface area (Å²) in [6, 6.07) is 13.4.